The molecular weight excluding hydrogens is 363 g/mol. The van der Waals surface area contributed by atoms with Crippen LogP contribution in [-0.2, 0) is 9.47 Å². The lowest BCUT2D eigenvalue weighted by atomic mass is 10.2. The number of allylic oxidation sites excluding steroid dienone is 2. The van der Waals surface area contributed by atoms with Crippen molar-refractivity contribution in [3.63, 3.8) is 0 Å². The topological polar surface area (TPSA) is 30.5 Å². The Morgan fingerprint density at radius 1 is 1.15 bits per heavy atom. The van der Waals surface area contributed by atoms with Crippen molar-refractivity contribution in [2.45, 2.75) is 44.2 Å². The van der Waals surface area contributed by atoms with E-state index < -0.39 is 12.2 Å². The van der Waals surface area contributed by atoms with E-state index in [0.717, 1.165) is 5.57 Å². The van der Waals surface area contributed by atoms with Crippen molar-refractivity contribution in [2.24, 2.45) is 0 Å². The zero-order chi connectivity index (χ0) is 20.1. The van der Waals surface area contributed by atoms with Crippen molar-refractivity contribution >= 4 is 11.9 Å². The Balaban J connectivity index is 4.19. The molecule has 0 aliphatic carbocycles. The fraction of sp³-hybridized carbons (Fsp3) is 0.579. The zero-order valence-electron chi connectivity index (χ0n) is 15.6. The van der Waals surface area contributed by atoms with Crippen LogP contribution in [0.5, 0.6) is 0 Å². The molecule has 0 aromatic carbocycles. The summed E-state index contributed by atoms with van der Waals surface area (Å²) in [6.07, 6.45) is 0.992. The van der Waals surface area contributed by atoms with Crippen LogP contribution in [0.4, 0.5) is 13.2 Å². The number of halogens is 3. The van der Waals surface area contributed by atoms with Crippen molar-refractivity contribution in [1.29, 1.82) is 0 Å². The molecule has 0 fully saturated rings. The molecule has 0 saturated carbocycles. The molecule has 1 atom stereocenters. The van der Waals surface area contributed by atoms with Gasteiger partial charge in [-0.15, -0.1) is 0 Å². The molecule has 0 aromatic heterocycles. The van der Waals surface area contributed by atoms with Gasteiger partial charge in [0.2, 0.25) is 0 Å². The molecule has 0 aliphatic heterocycles. The molecule has 1 unspecified atom stereocenters. The van der Waals surface area contributed by atoms with E-state index in [1.165, 1.54) is 17.9 Å². The average molecular weight is 391 g/mol. The predicted octanol–water partition coefficient (Wildman–Crippen LogP) is 4.68. The van der Waals surface area contributed by atoms with Crippen molar-refractivity contribution in [2.75, 3.05) is 26.4 Å². The first kappa shape index (κ1) is 24.8. The Kier molecular flexibility index (Phi) is 12.4. The van der Waals surface area contributed by atoms with Crippen LogP contribution >= 0.6 is 11.9 Å². The smallest absolute Gasteiger partial charge is 0.379 e. The molecule has 1 N–H and O–H groups in total. The first-order valence-electron chi connectivity index (χ1n) is 8.20. The molecule has 0 radical (unpaired) electrons. The Hall–Kier alpha value is -1.20. The summed E-state index contributed by atoms with van der Waals surface area (Å²) in [5.41, 5.74) is 0.908. The summed E-state index contributed by atoms with van der Waals surface area (Å²) in [6.45, 7) is 14.6. The largest absolute Gasteiger partial charge is 0.457 e. The normalized spacial score (nSPS) is 13.7. The zero-order valence-corrected chi connectivity index (χ0v) is 16.4. The highest BCUT2D eigenvalue weighted by Gasteiger charge is 2.24. The standard InChI is InChI=1S/C19H28F3NO2S/c1-6-8-16(7-2)15-25-14-13-24-12-10-17(9-11-19(20,21)22)23-26-18(3,4)5/h6-8,17,23H,1-2,10,12-15H2,3-5H3/b16-8+. The summed E-state index contributed by atoms with van der Waals surface area (Å²) in [5, 5.41) is 0. The van der Waals surface area contributed by atoms with Crippen LogP contribution in [0, 0.1) is 11.8 Å². The molecule has 0 rings (SSSR count). The lowest BCUT2D eigenvalue weighted by molar-refractivity contribution is -0.0698. The number of hydrogen-bond acceptors (Lipinski definition) is 4. The molecule has 3 nitrogen and oxygen atoms in total. The number of ether oxygens (including phenoxy) is 2. The third-order valence-corrected chi connectivity index (χ3v) is 3.70. The highest BCUT2D eigenvalue weighted by Crippen LogP contribution is 2.21. The second kappa shape index (κ2) is 13.0. The fourth-order valence-corrected chi connectivity index (χ4v) is 2.19. The van der Waals surface area contributed by atoms with E-state index >= 15 is 0 Å². The van der Waals surface area contributed by atoms with Gasteiger partial charge < -0.3 is 9.47 Å². The highest BCUT2D eigenvalue weighted by molar-refractivity contribution is 7.98. The molecule has 26 heavy (non-hydrogen) atoms. The van der Waals surface area contributed by atoms with E-state index in [0.29, 0.717) is 26.2 Å². The van der Waals surface area contributed by atoms with Crippen LogP contribution in [0.2, 0.25) is 0 Å². The Bertz CT molecular complexity index is 514. The van der Waals surface area contributed by atoms with Gasteiger partial charge in [-0.05, 0) is 32.8 Å². The first-order chi connectivity index (χ1) is 12.1. The minimum Gasteiger partial charge on any atom is -0.379 e. The van der Waals surface area contributed by atoms with Gasteiger partial charge in [0.25, 0.3) is 0 Å². The average Bonchev–Trinajstić information content (AvgIpc) is 2.52. The van der Waals surface area contributed by atoms with Crippen molar-refractivity contribution < 1.29 is 22.6 Å². The van der Waals surface area contributed by atoms with Crippen LogP contribution in [-0.4, -0.2) is 43.4 Å². The molecular formula is C19H28F3NO2S. The van der Waals surface area contributed by atoms with E-state index in [1.807, 2.05) is 20.8 Å². The van der Waals surface area contributed by atoms with E-state index in [9.17, 15) is 13.2 Å². The first-order valence-corrected chi connectivity index (χ1v) is 9.01. The van der Waals surface area contributed by atoms with Crippen LogP contribution in [0.3, 0.4) is 0 Å². The van der Waals surface area contributed by atoms with Gasteiger partial charge in [0.05, 0.1) is 25.9 Å². The van der Waals surface area contributed by atoms with Gasteiger partial charge in [-0.25, -0.2) is 4.72 Å². The molecule has 0 heterocycles. The molecule has 0 aliphatic rings. The van der Waals surface area contributed by atoms with Crippen LogP contribution in [0.1, 0.15) is 27.2 Å². The number of hydrogen-bond donors (Lipinski definition) is 1. The summed E-state index contributed by atoms with van der Waals surface area (Å²) < 4.78 is 50.6. The van der Waals surface area contributed by atoms with E-state index in [2.05, 4.69) is 23.8 Å². The second-order valence-electron chi connectivity index (χ2n) is 6.29. The number of nitrogens with one attached hydrogen (secondary N) is 1. The maximum Gasteiger partial charge on any atom is 0.457 e. The molecule has 0 amide bonds. The van der Waals surface area contributed by atoms with Crippen molar-refractivity contribution in [1.82, 2.24) is 4.72 Å². The molecule has 148 valence electrons. The van der Waals surface area contributed by atoms with Crippen LogP contribution in [0.25, 0.3) is 0 Å². The van der Waals surface area contributed by atoms with E-state index in [4.69, 9.17) is 9.47 Å². The van der Waals surface area contributed by atoms with E-state index in [1.54, 1.807) is 18.2 Å². The maximum atomic E-state index is 12.3. The fourth-order valence-electron chi connectivity index (χ4n) is 1.51. The van der Waals surface area contributed by atoms with Gasteiger partial charge in [0.1, 0.15) is 0 Å². The van der Waals surface area contributed by atoms with Crippen LogP contribution in [0.15, 0.2) is 37.0 Å². The summed E-state index contributed by atoms with van der Waals surface area (Å²) >= 11 is 1.35. The van der Waals surface area contributed by atoms with Gasteiger partial charge in [-0.2, -0.15) is 13.2 Å². The van der Waals surface area contributed by atoms with Crippen molar-refractivity contribution in [3.05, 3.63) is 37.0 Å². The third-order valence-electron chi connectivity index (χ3n) is 2.68. The maximum absolute atomic E-state index is 12.3. The lowest BCUT2D eigenvalue weighted by Crippen LogP contribution is -2.28. The number of alkyl halides is 3. The van der Waals surface area contributed by atoms with Gasteiger partial charge in [0, 0.05) is 17.3 Å². The summed E-state index contributed by atoms with van der Waals surface area (Å²) in [6, 6.07) is -0.607. The SMILES string of the molecule is C=C/C=C(\C=C)COCCOCCC(C#CC(F)(F)F)NSC(C)(C)C. The Labute approximate surface area is 159 Å². The summed E-state index contributed by atoms with van der Waals surface area (Å²) in [4.78, 5) is 0. The van der Waals surface area contributed by atoms with E-state index in [-0.39, 0.29) is 11.4 Å². The highest BCUT2D eigenvalue weighted by atomic mass is 32.2. The molecule has 0 spiro atoms. The van der Waals surface area contributed by atoms with Gasteiger partial charge in [-0.1, -0.05) is 49.3 Å². The monoisotopic (exact) mass is 391 g/mol. The lowest BCUT2D eigenvalue weighted by Gasteiger charge is -2.21. The summed E-state index contributed by atoms with van der Waals surface area (Å²) in [5.74, 6) is 3.55. The second-order valence-corrected chi connectivity index (χ2v) is 7.95. The van der Waals surface area contributed by atoms with Gasteiger partial charge >= 0.3 is 6.18 Å². The molecule has 0 aromatic rings. The minimum atomic E-state index is -4.50. The van der Waals surface area contributed by atoms with Crippen LogP contribution < -0.4 is 4.72 Å². The molecule has 0 bridgehead atoms. The Morgan fingerprint density at radius 3 is 2.35 bits per heavy atom. The molecule has 0 saturated heterocycles. The summed E-state index contributed by atoms with van der Waals surface area (Å²) in [7, 11) is 0. The minimum absolute atomic E-state index is 0.130. The molecule has 7 heteroatoms. The quantitative estimate of drug-likeness (QED) is 0.226. The van der Waals surface area contributed by atoms with Crippen molar-refractivity contribution in [3.8, 4) is 11.8 Å². The van der Waals surface area contributed by atoms with Gasteiger partial charge in [-0.3, -0.25) is 0 Å². The Morgan fingerprint density at radius 2 is 1.81 bits per heavy atom. The third kappa shape index (κ3) is 16.3. The van der Waals surface area contributed by atoms with Gasteiger partial charge in [0.15, 0.2) is 0 Å². The number of rotatable bonds is 12. The predicted molar refractivity (Wildman–Crippen MR) is 103 cm³/mol.